The first kappa shape index (κ1) is 12.1. The van der Waals surface area contributed by atoms with Gasteiger partial charge in [-0.3, -0.25) is 9.48 Å². The lowest BCUT2D eigenvalue weighted by Crippen LogP contribution is -2.36. The fourth-order valence-corrected chi connectivity index (χ4v) is 2.48. The van der Waals surface area contributed by atoms with Crippen molar-refractivity contribution in [1.29, 1.82) is 0 Å². The van der Waals surface area contributed by atoms with Crippen LogP contribution in [0.15, 0.2) is 0 Å². The van der Waals surface area contributed by atoms with Crippen molar-refractivity contribution >= 4 is 5.91 Å². The highest BCUT2D eigenvalue weighted by Gasteiger charge is 2.24. The molecule has 1 amide bonds. The molecule has 0 spiro atoms. The molecule has 2 rings (SSSR count). The maximum atomic E-state index is 12.0. The third-order valence-electron chi connectivity index (χ3n) is 3.54. The largest absolute Gasteiger partial charge is 0.336 e. The normalized spacial score (nSPS) is 14.9. The Morgan fingerprint density at radius 1 is 1.47 bits per heavy atom. The molecule has 1 aromatic rings. The molecule has 0 aliphatic carbocycles. The van der Waals surface area contributed by atoms with E-state index < -0.39 is 0 Å². The highest BCUT2D eigenvalue weighted by Crippen LogP contribution is 2.22. The maximum absolute atomic E-state index is 12.0. The van der Waals surface area contributed by atoms with E-state index in [1.54, 1.807) is 0 Å². The van der Waals surface area contributed by atoms with E-state index in [2.05, 4.69) is 12.0 Å². The molecule has 0 radical (unpaired) electrons. The molecular formula is C13H21N3O. The van der Waals surface area contributed by atoms with E-state index in [9.17, 15) is 4.79 Å². The Morgan fingerprint density at radius 2 is 2.24 bits per heavy atom. The Bertz CT molecular complexity index is 423. The molecule has 1 aliphatic rings. The zero-order valence-electron chi connectivity index (χ0n) is 11.0. The lowest BCUT2D eigenvalue weighted by molar-refractivity contribution is -0.132. The van der Waals surface area contributed by atoms with Crippen LogP contribution in [0.2, 0.25) is 0 Å². The van der Waals surface area contributed by atoms with Crippen LogP contribution in [0.5, 0.6) is 0 Å². The summed E-state index contributed by atoms with van der Waals surface area (Å²) in [4.78, 5) is 14.0. The minimum atomic E-state index is 0.288. The number of rotatable bonds is 3. The van der Waals surface area contributed by atoms with Gasteiger partial charge in [0.1, 0.15) is 0 Å². The van der Waals surface area contributed by atoms with Crippen molar-refractivity contribution in [3.8, 4) is 0 Å². The molecule has 17 heavy (non-hydrogen) atoms. The molecule has 1 aliphatic heterocycles. The monoisotopic (exact) mass is 235 g/mol. The zero-order chi connectivity index (χ0) is 12.4. The van der Waals surface area contributed by atoms with Gasteiger partial charge in [-0.05, 0) is 25.3 Å². The van der Waals surface area contributed by atoms with Crippen molar-refractivity contribution < 1.29 is 4.79 Å². The van der Waals surface area contributed by atoms with Gasteiger partial charge in [0.15, 0.2) is 0 Å². The summed E-state index contributed by atoms with van der Waals surface area (Å²) in [6.07, 6.45) is 3.71. The Balaban J connectivity index is 2.08. The third-order valence-corrected chi connectivity index (χ3v) is 3.54. The topological polar surface area (TPSA) is 38.1 Å². The van der Waals surface area contributed by atoms with Crippen molar-refractivity contribution in [2.45, 2.75) is 46.1 Å². The van der Waals surface area contributed by atoms with E-state index in [1.165, 1.54) is 11.3 Å². The first-order valence-electron chi connectivity index (χ1n) is 6.42. The van der Waals surface area contributed by atoms with E-state index in [1.807, 2.05) is 23.6 Å². The van der Waals surface area contributed by atoms with Gasteiger partial charge in [-0.15, -0.1) is 0 Å². The van der Waals surface area contributed by atoms with Crippen LogP contribution in [0.3, 0.4) is 0 Å². The van der Waals surface area contributed by atoms with Gasteiger partial charge < -0.3 is 4.90 Å². The van der Waals surface area contributed by atoms with Crippen LogP contribution < -0.4 is 0 Å². The number of fused-ring (bicyclic) bond motifs is 1. The summed E-state index contributed by atoms with van der Waals surface area (Å²) in [5, 5.41) is 4.43. The highest BCUT2D eigenvalue weighted by atomic mass is 16.2. The van der Waals surface area contributed by atoms with Crippen LogP contribution in [-0.4, -0.2) is 27.1 Å². The molecule has 0 atom stereocenters. The van der Waals surface area contributed by atoms with Crippen LogP contribution in [0.1, 0.15) is 43.1 Å². The van der Waals surface area contributed by atoms with Crippen molar-refractivity contribution in [3.63, 3.8) is 0 Å². The van der Waals surface area contributed by atoms with E-state index >= 15 is 0 Å². The van der Waals surface area contributed by atoms with Crippen LogP contribution in [0, 0.1) is 6.92 Å². The van der Waals surface area contributed by atoms with Crippen molar-refractivity contribution in [1.82, 2.24) is 14.7 Å². The smallest absolute Gasteiger partial charge is 0.222 e. The van der Waals surface area contributed by atoms with Crippen LogP contribution in [0.4, 0.5) is 0 Å². The number of carbonyl (C=O) groups excluding carboxylic acids is 1. The van der Waals surface area contributed by atoms with Gasteiger partial charge in [-0.2, -0.15) is 5.10 Å². The predicted octanol–water partition coefficient (Wildman–Crippen LogP) is 1.80. The van der Waals surface area contributed by atoms with Gasteiger partial charge in [-0.25, -0.2) is 0 Å². The number of unbranched alkanes of at least 4 members (excludes halogenated alkanes) is 1. The standard InChI is InChI=1S/C13H21N3O/c1-4-5-6-13(17)16-8-7-11-10(2)14-15(3)12(11)9-16/h4-9H2,1-3H3. The van der Waals surface area contributed by atoms with Gasteiger partial charge in [0, 0.05) is 20.0 Å². The average molecular weight is 235 g/mol. The third kappa shape index (κ3) is 2.35. The number of hydrogen-bond acceptors (Lipinski definition) is 2. The van der Waals surface area contributed by atoms with Gasteiger partial charge in [0.05, 0.1) is 17.9 Å². The molecule has 4 heteroatoms. The van der Waals surface area contributed by atoms with Gasteiger partial charge in [0.2, 0.25) is 5.91 Å². The average Bonchev–Trinajstić information content (AvgIpc) is 2.61. The molecule has 0 fully saturated rings. The molecule has 4 nitrogen and oxygen atoms in total. The van der Waals surface area contributed by atoms with Crippen LogP contribution in [0.25, 0.3) is 0 Å². The first-order valence-corrected chi connectivity index (χ1v) is 6.42. The molecule has 0 N–H and O–H groups in total. The minimum absolute atomic E-state index is 0.288. The highest BCUT2D eigenvalue weighted by molar-refractivity contribution is 5.76. The molecule has 0 aromatic carbocycles. The molecule has 0 saturated heterocycles. The van der Waals surface area contributed by atoms with E-state index in [4.69, 9.17) is 0 Å². The summed E-state index contributed by atoms with van der Waals surface area (Å²) in [6.45, 7) is 5.75. The van der Waals surface area contributed by atoms with Crippen LogP contribution >= 0.6 is 0 Å². The van der Waals surface area contributed by atoms with Crippen molar-refractivity contribution in [2.75, 3.05) is 6.54 Å². The Morgan fingerprint density at radius 3 is 2.94 bits per heavy atom. The van der Waals surface area contributed by atoms with Gasteiger partial charge >= 0.3 is 0 Å². The van der Waals surface area contributed by atoms with E-state index in [-0.39, 0.29) is 5.91 Å². The fraction of sp³-hybridized carbons (Fsp3) is 0.692. The first-order chi connectivity index (χ1) is 8.13. The number of amides is 1. The SMILES string of the molecule is CCCCC(=O)N1CCc2c(C)nn(C)c2C1. The molecule has 1 aromatic heterocycles. The second-order valence-corrected chi connectivity index (χ2v) is 4.80. The lowest BCUT2D eigenvalue weighted by atomic mass is 10.0. The molecular weight excluding hydrogens is 214 g/mol. The van der Waals surface area contributed by atoms with Crippen molar-refractivity contribution in [3.05, 3.63) is 17.0 Å². The number of aromatic nitrogens is 2. The zero-order valence-corrected chi connectivity index (χ0v) is 11.0. The summed E-state index contributed by atoms with van der Waals surface area (Å²) in [7, 11) is 1.96. The molecule has 0 saturated carbocycles. The minimum Gasteiger partial charge on any atom is -0.336 e. The van der Waals surface area contributed by atoms with Gasteiger partial charge in [-0.1, -0.05) is 13.3 Å². The summed E-state index contributed by atoms with van der Waals surface area (Å²) in [6, 6.07) is 0. The Kier molecular flexibility index (Phi) is 3.50. The summed E-state index contributed by atoms with van der Waals surface area (Å²) in [5.41, 5.74) is 3.66. The lowest BCUT2D eigenvalue weighted by Gasteiger charge is -2.27. The van der Waals surface area contributed by atoms with E-state index in [0.29, 0.717) is 6.42 Å². The summed E-state index contributed by atoms with van der Waals surface area (Å²) in [5.74, 6) is 0.288. The summed E-state index contributed by atoms with van der Waals surface area (Å²) < 4.78 is 1.92. The second-order valence-electron chi connectivity index (χ2n) is 4.80. The van der Waals surface area contributed by atoms with Crippen molar-refractivity contribution in [2.24, 2.45) is 7.05 Å². The number of nitrogens with zero attached hydrogens (tertiary/aromatic N) is 3. The molecule has 0 unspecified atom stereocenters. The number of aryl methyl sites for hydroxylation is 2. The summed E-state index contributed by atoms with van der Waals surface area (Å²) >= 11 is 0. The molecule has 94 valence electrons. The predicted molar refractivity (Wildman–Crippen MR) is 66.6 cm³/mol. The molecule has 0 bridgehead atoms. The quantitative estimate of drug-likeness (QED) is 0.801. The number of hydrogen-bond donors (Lipinski definition) is 0. The maximum Gasteiger partial charge on any atom is 0.222 e. The van der Waals surface area contributed by atoms with E-state index in [0.717, 1.165) is 38.0 Å². The number of carbonyl (C=O) groups is 1. The fourth-order valence-electron chi connectivity index (χ4n) is 2.48. The molecule has 2 heterocycles. The van der Waals surface area contributed by atoms with Crippen LogP contribution in [-0.2, 0) is 24.8 Å². The Hall–Kier alpha value is -1.32. The second kappa shape index (κ2) is 4.90. The Labute approximate surface area is 103 Å². The van der Waals surface area contributed by atoms with Gasteiger partial charge in [0.25, 0.3) is 0 Å².